The number of rotatable bonds is 2. The monoisotopic (exact) mass is 408 g/mol. The van der Waals surface area contributed by atoms with Crippen LogP contribution in [0.1, 0.15) is 11.1 Å². The van der Waals surface area contributed by atoms with E-state index in [0.29, 0.717) is 11.4 Å². The van der Waals surface area contributed by atoms with Gasteiger partial charge in [-0.3, -0.25) is 14.9 Å². The third-order valence-electron chi connectivity index (χ3n) is 5.00. The van der Waals surface area contributed by atoms with Gasteiger partial charge in [0.15, 0.2) is 0 Å². The van der Waals surface area contributed by atoms with Crippen molar-refractivity contribution >= 4 is 50.8 Å². The van der Waals surface area contributed by atoms with Crippen LogP contribution in [0.15, 0.2) is 77.7 Å². The van der Waals surface area contributed by atoms with Crippen molar-refractivity contribution in [2.75, 3.05) is 0 Å². The smallest absolute Gasteiger partial charge is 0.290 e. The fourth-order valence-electron chi connectivity index (χ4n) is 3.63. The van der Waals surface area contributed by atoms with Crippen LogP contribution in [0, 0.1) is 11.8 Å². The van der Waals surface area contributed by atoms with Crippen LogP contribution in [0.5, 0.6) is 0 Å². The van der Waals surface area contributed by atoms with E-state index in [1.165, 1.54) is 21.8 Å². The minimum absolute atomic E-state index is 0.334. The van der Waals surface area contributed by atoms with Crippen molar-refractivity contribution in [1.82, 2.24) is 9.88 Å². The molecular weight excluding hydrogens is 392 g/mol. The number of thioether (sulfide) groups is 1. The van der Waals surface area contributed by atoms with Crippen molar-refractivity contribution < 1.29 is 9.59 Å². The fraction of sp³-hybridized carbons (Fsp3) is 0.0400. The second-order valence-electron chi connectivity index (χ2n) is 6.90. The normalized spacial score (nSPS) is 14.9. The number of carbonyl (C=O) groups is 2. The number of hydrogen-bond donors (Lipinski definition) is 1. The molecule has 0 unspecified atom stereocenters. The molecule has 3 aromatic carbocycles. The van der Waals surface area contributed by atoms with Crippen LogP contribution in [0.4, 0.5) is 4.79 Å². The van der Waals surface area contributed by atoms with Crippen LogP contribution in [0.2, 0.25) is 0 Å². The van der Waals surface area contributed by atoms with Crippen molar-refractivity contribution in [1.29, 1.82) is 0 Å². The van der Waals surface area contributed by atoms with Gasteiger partial charge in [-0.25, -0.2) is 0 Å². The van der Waals surface area contributed by atoms with Gasteiger partial charge in [-0.15, -0.1) is 0 Å². The highest BCUT2D eigenvalue weighted by Crippen LogP contribution is 2.28. The van der Waals surface area contributed by atoms with Gasteiger partial charge in [0.1, 0.15) is 0 Å². The van der Waals surface area contributed by atoms with E-state index >= 15 is 0 Å². The van der Waals surface area contributed by atoms with Gasteiger partial charge in [-0.05, 0) is 47.7 Å². The topological polar surface area (TPSA) is 51.1 Å². The highest BCUT2D eigenvalue weighted by Gasteiger charge is 2.24. The molecule has 2 amide bonds. The number of nitrogens with zero attached hydrogens (tertiary/aromatic N) is 1. The van der Waals surface area contributed by atoms with E-state index in [9.17, 15) is 9.59 Å². The number of amides is 2. The second kappa shape index (κ2) is 7.58. The molecule has 0 aliphatic carbocycles. The molecule has 0 spiro atoms. The quantitative estimate of drug-likeness (QED) is 0.368. The zero-order valence-corrected chi connectivity index (χ0v) is 16.7. The maximum atomic E-state index is 11.7. The Morgan fingerprint density at radius 3 is 2.10 bits per heavy atom. The number of imide groups is 1. The Labute approximate surface area is 177 Å². The summed E-state index contributed by atoms with van der Waals surface area (Å²) in [6, 6.07) is 24.4. The summed E-state index contributed by atoms with van der Waals surface area (Å²) >= 11 is 0.918. The number of para-hydroxylation sites is 2. The number of hydrogen-bond acceptors (Lipinski definition) is 3. The molecule has 1 aliphatic rings. The van der Waals surface area contributed by atoms with Crippen LogP contribution in [-0.2, 0) is 11.3 Å². The van der Waals surface area contributed by atoms with Gasteiger partial charge >= 0.3 is 0 Å². The first-order valence-corrected chi connectivity index (χ1v) is 10.3. The lowest BCUT2D eigenvalue weighted by Crippen LogP contribution is -2.17. The maximum absolute atomic E-state index is 11.7. The molecule has 2 heterocycles. The number of fused-ring (bicyclic) bond motifs is 3. The minimum atomic E-state index is -0.347. The van der Waals surface area contributed by atoms with Crippen LogP contribution >= 0.6 is 11.8 Å². The largest absolute Gasteiger partial charge is 0.329 e. The van der Waals surface area contributed by atoms with Crippen LogP contribution < -0.4 is 5.32 Å². The Morgan fingerprint density at radius 1 is 0.867 bits per heavy atom. The molecule has 0 bridgehead atoms. The first-order valence-electron chi connectivity index (χ1n) is 9.49. The fourth-order valence-corrected chi connectivity index (χ4v) is 4.31. The van der Waals surface area contributed by atoms with Crippen molar-refractivity contribution in [2.45, 2.75) is 6.54 Å². The molecule has 0 radical (unpaired) electrons. The molecule has 1 N–H and O–H groups in total. The molecule has 5 heteroatoms. The van der Waals surface area contributed by atoms with E-state index in [-0.39, 0.29) is 11.1 Å². The van der Waals surface area contributed by atoms with Gasteiger partial charge in [0.25, 0.3) is 11.1 Å². The van der Waals surface area contributed by atoms with E-state index in [2.05, 4.69) is 70.3 Å². The number of aromatic nitrogens is 1. The Bertz CT molecular complexity index is 1350. The lowest BCUT2D eigenvalue weighted by atomic mass is 10.1. The Balaban J connectivity index is 1.40. The van der Waals surface area contributed by atoms with Crippen molar-refractivity contribution in [3.8, 4) is 11.8 Å². The molecule has 1 aliphatic heterocycles. The predicted molar refractivity (Wildman–Crippen MR) is 122 cm³/mol. The summed E-state index contributed by atoms with van der Waals surface area (Å²) in [5.74, 6) is 6.15. The molecule has 144 valence electrons. The maximum Gasteiger partial charge on any atom is 0.290 e. The van der Waals surface area contributed by atoms with Crippen LogP contribution in [0.3, 0.4) is 0 Å². The van der Waals surface area contributed by atoms with E-state index in [1.54, 1.807) is 6.08 Å². The van der Waals surface area contributed by atoms with Gasteiger partial charge in [0, 0.05) is 27.4 Å². The first-order chi connectivity index (χ1) is 14.7. The standard InChI is InChI=1S/C25H16N2O2S/c28-24-23(30-25(29)26-24)16-18-13-11-17(12-14-18)6-5-15-27-21-9-3-1-7-19(21)20-8-2-4-10-22(20)27/h1-4,7-14,16H,15H2,(H,26,28,29). The summed E-state index contributed by atoms with van der Waals surface area (Å²) in [4.78, 5) is 23.3. The zero-order chi connectivity index (χ0) is 20.5. The summed E-state index contributed by atoms with van der Waals surface area (Å²) in [7, 11) is 0. The number of benzene rings is 3. The van der Waals surface area contributed by atoms with Gasteiger partial charge < -0.3 is 4.57 Å². The highest BCUT2D eigenvalue weighted by atomic mass is 32.2. The SMILES string of the molecule is O=C1NC(=O)C(=Cc2ccc(C#CCn3c4ccccc4c4ccccc43)cc2)S1. The van der Waals surface area contributed by atoms with E-state index in [4.69, 9.17) is 0 Å². The van der Waals surface area contributed by atoms with Crippen LogP contribution in [0.25, 0.3) is 27.9 Å². The third kappa shape index (κ3) is 3.38. The van der Waals surface area contributed by atoms with Crippen LogP contribution in [-0.4, -0.2) is 15.7 Å². The van der Waals surface area contributed by atoms with Gasteiger partial charge in [0.05, 0.1) is 11.4 Å². The molecule has 0 saturated carbocycles. The molecule has 30 heavy (non-hydrogen) atoms. The molecular formula is C25H16N2O2S. The predicted octanol–water partition coefficient (Wildman–Crippen LogP) is 5.17. The van der Waals surface area contributed by atoms with Gasteiger partial charge in [-0.2, -0.15) is 0 Å². The average molecular weight is 408 g/mol. The Morgan fingerprint density at radius 2 is 1.50 bits per heavy atom. The van der Waals surface area contributed by atoms with Crippen molar-refractivity contribution in [3.63, 3.8) is 0 Å². The number of nitrogens with one attached hydrogen (secondary N) is 1. The summed E-state index contributed by atoms with van der Waals surface area (Å²) in [6.45, 7) is 0.596. The summed E-state index contributed by atoms with van der Waals surface area (Å²) in [5, 5.41) is 4.39. The highest BCUT2D eigenvalue weighted by molar-refractivity contribution is 8.18. The van der Waals surface area contributed by atoms with Crippen molar-refractivity contribution in [3.05, 3.63) is 88.8 Å². The molecule has 1 fully saturated rings. The Hall–Kier alpha value is -3.75. The minimum Gasteiger partial charge on any atom is -0.329 e. The summed E-state index contributed by atoms with van der Waals surface area (Å²) in [5.41, 5.74) is 4.11. The molecule has 1 aromatic heterocycles. The molecule has 4 aromatic rings. The van der Waals surface area contributed by atoms with E-state index in [1.807, 2.05) is 24.3 Å². The number of carbonyl (C=O) groups excluding carboxylic acids is 2. The van der Waals surface area contributed by atoms with Gasteiger partial charge in [-0.1, -0.05) is 60.4 Å². The first kappa shape index (κ1) is 18.3. The zero-order valence-electron chi connectivity index (χ0n) is 15.9. The molecule has 0 atom stereocenters. The summed E-state index contributed by atoms with van der Waals surface area (Å²) in [6.07, 6.45) is 1.71. The lowest BCUT2D eigenvalue weighted by Gasteiger charge is -2.02. The Kier molecular flexibility index (Phi) is 4.62. The van der Waals surface area contributed by atoms with Gasteiger partial charge in [0.2, 0.25) is 0 Å². The summed E-state index contributed by atoms with van der Waals surface area (Å²) < 4.78 is 2.24. The molecule has 4 nitrogen and oxygen atoms in total. The van der Waals surface area contributed by atoms with E-state index in [0.717, 1.165) is 22.9 Å². The molecule has 5 rings (SSSR count). The van der Waals surface area contributed by atoms with E-state index < -0.39 is 0 Å². The third-order valence-corrected chi connectivity index (χ3v) is 5.81. The lowest BCUT2D eigenvalue weighted by molar-refractivity contribution is -0.115. The molecule has 1 saturated heterocycles. The average Bonchev–Trinajstić information content (AvgIpc) is 3.26. The second-order valence-corrected chi connectivity index (χ2v) is 7.91. The van der Waals surface area contributed by atoms with Crippen molar-refractivity contribution in [2.24, 2.45) is 0 Å².